The Morgan fingerprint density at radius 1 is 1.48 bits per heavy atom. The molecule has 1 unspecified atom stereocenters. The molecule has 0 saturated carbocycles. The zero-order valence-corrected chi connectivity index (χ0v) is 14.0. The summed E-state index contributed by atoms with van der Waals surface area (Å²) >= 11 is 0. The maximum Gasteiger partial charge on any atom is 0.262 e. The number of imidazole rings is 1. The van der Waals surface area contributed by atoms with Gasteiger partial charge >= 0.3 is 0 Å². The quantitative estimate of drug-likeness (QED) is 0.914. The molecular formula is C14H25N3O3S. The van der Waals surface area contributed by atoms with Crippen LogP contribution in [0.5, 0.6) is 0 Å². The van der Waals surface area contributed by atoms with E-state index < -0.39 is 16.1 Å². The van der Waals surface area contributed by atoms with Crippen molar-refractivity contribution < 1.29 is 13.5 Å². The first-order chi connectivity index (χ1) is 9.65. The molecule has 0 radical (unpaired) electrons. The van der Waals surface area contributed by atoms with Crippen molar-refractivity contribution in [3.8, 4) is 0 Å². The largest absolute Gasteiger partial charge is 0.393 e. The Labute approximate surface area is 126 Å². The minimum Gasteiger partial charge on any atom is -0.393 e. The number of aliphatic hydroxyl groups is 1. The number of hydrogen-bond donors (Lipinski definition) is 1. The number of aryl methyl sites for hydroxylation is 2. The number of sulfonamides is 1. The van der Waals surface area contributed by atoms with Gasteiger partial charge in [-0.1, -0.05) is 13.8 Å². The highest BCUT2D eigenvalue weighted by atomic mass is 32.2. The Morgan fingerprint density at radius 2 is 2.14 bits per heavy atom. The van der Waals surface area contributed by atoms with Crippen molar-refractivity contribution in [3.05, 3.63) is 12.0 Å². The van der Waals surface area contributed by atoms with Crippen molar-refractivity contribution in [3.63, 3.8) is 0 Å². The topological polar surface area (TPSA) is 75.4 Å². The van der Waals surface area contributed by atoms with Crippen LogP contribution in [0.3, 0.4) is 0 Å². The maximum absolute atomic E-state index is 12.8. The zero-order chi connectivity index (χ0) is 15.8. The van der Waals surface area contributed by atoms with E-state index >= 15 is 0 Å². The van der Waals surface area contributed by atoms with E-state index in [1.165, 1.54) is 4.31 Å². The summed E-state index contributed by atoms with van der Waals surface area (Å²) in [5, 5.41) is 10.0. The highest BCUT2D eigenvalue weighted by Gasteiger charge is 2.36. The van der Waals surface area contributed by atoms with E-state index in [2.05, 4.69) is 4.98 Å². The summed E-state index contributed by atoms with van der Waals surface area (Å²) in [7, 11) is -3.60. The lowest BCUT2D eigenvalue weighted by Crippen LogP contribution is -2.37. The first-order valence-electron chi connectivity index (χ1n) is 7.38. The van der Waals surface area contributed by atoms with Crippen molar-refractivity contribution in [2.75, 3.05) is 13.1 Å². The molecule has 6 nitrogen and oxygen atoms in total. The molecule has 7 heteroatoms. The van der Waals surface area contributed by atoms with Gasteiger partial charge in [-0.05, 0) is 32.1 Å². The SMILES string of the molecule is CCn1cc(S(=O)(=O)N2CCC(O)CC(C)(C)C2)nc1C. The Hall–Kier alpha value is -0.920. The van der Waals surface area contributed by atoms with Crippen LogP contribution in [0.1, 0.15) is 39.4 Å². The summed E-state index contributed by atoms with van der Waals surface area (Å²) in [6.07, 6.45) is 2.23. The number of hydrogen-bond acceptors (Lipinski definition) is 4. The lowest BCUT2D eigenvalue weighted by molar-refractivity contribution is 0.122. The highest BCUT2D eigenvalue weighted by Crippen LogP contribution is 2.31. The number of aliphatic hydroxyl groups excluding tert-OH is 1. The molecule has 0 bridgehead atoms. The van der Waals surface area contributed by atoms with Crippen LogP contribution in [-0.2, 0) is 16.6 Å². The molecule has 2 rings (SSSR count). The third kappa shape index (κ3) is 3.46. The minimum absolute atomic E-state index is 0.106. The Morgan fingerprint density at radius 3 is 2.71 bits per heavy atom. The first-order valence-corrected chi connectivity index (χ1v) is 8.82. The van der Waals surface area contributed by atoms with Crippen molar-refractivity contribution in [2.24, 2.45) is 5.41 Å². The van der Waals surface area contributed by atoms with Gasteiger partial charge in [0.05, 0.1) is 6.10 Å². The van der Waals surface area contributed by atoms with Gasteiger partial charge in [0.25, 0.3) is 10.0 Å². The lowest BCUT2D eigenvalue weighted by Gasteiger charge is -2.28. The van der Waals surface area contributed by atoms with Crippen molar-refractivity contribution in [2.45, 2.75) is 58.2 Å². The van der Waals surface area contributed by atoms with Crippen LogP contribution >= 0.6 is 0 Å². The monoisotopic (exact) mass is 315 g/mol. The first kappa shape index (κ1) is 16.5. The molecule has 1 fully saturated rings. The van der Waals surface area contributed by atoms with Crippen LogP contribution in [0.15, 0.2) is 11.2 Å². The third-order valence-electron chi connectivity index (χ3n) is 4.00. The van der Waals surface area contributed by atoms with E-state index in [-0.39, 0.29) is 10.4 Å². The highest BCUT2D eigenvalue weighted by molar-refractivity contribution is 7.89. The van der Waals surface area contributed by atoms with E-state index in [0.717, 1.165) is 0 Å². The molecule has 1 atom stereocenters. The van der Waals surface area contributed by atoms with Crippen LogP contribution in [0.4, 0.5) is 0 Å². The van der Waals surface area contributed by atoms with Gasteiger partial charge < -0.3 is 9.67 Å². The second kappa shape index (κ2) is 5.70. The van der Waals surface area contributed by atoms with Crippen LogP contribution in [0.25, 0.3) is 0 Å². The Kier molecular flexibility index (Phi) is 4.46. The predicted octanol–water partition coefficient (Wildman–Crippen LogP) is 1.38. The van der Waals surface area contributed by atoms with Gasteiger partial charge in [0.15, 0.2) is 5.03 Å². The van der Waals surface area contributed by atoms with Crippen LogP contribution < -0.4 is 0 Å². The van der Waals surface area contributed by atoms with Gasteiger partial charge in [-0.3, -0.25) is 0 Å². The molecule has 0 aromatic carbocycles. The second-order valence-corrected chi connectivity index (χ2v) is 8.45. The third-order valence-corrected chi connectivity index (χ3v) is 5.72. The molecular weight excluding hydrogens is 290 g/mol. The standard InChI is InChI=1S/C14H25N3O3S/c1-5-16-9-13(15-11(16)2)21(19,20)17-7-6-12(18)8-14(3,4)10-17/h9,12,18H,5-8,10H2,1-4H3. The van der Waals surface area contributed by atoms with Crippen molar-refractivity contribution >= 4 is 10.0 Å². The molecule has 1 saturated heterocycles. The van der Waals surface area contributed by atoms with Gasteiger partial charge in [-0.2, -0.15) is 4.31 Å². The van der Waals surface area contributed by atoms with E-state index in [0.29, 0.717) is 38.3 Å². The number of rotatable bonds is 3. The summed E-state index contributed by atoms with van der Waals surface area (Å²) in [4.78, 5) is 4.20. The van der Waals surface area contributed by atoms with Crippen molar-refractivity contribution in [1.29, 1.82) is 0 Å². The average molecular weight is 315 g/mol. The zero-order valence-electron chi connectivity index (χ0n) is 13.2. The van der Waals surface area contributed by atoms with Crippen LogP contribution in [-0.4, -0.2) is 46.6 Å². The molecule has 0 amide bonds. The Balaban J connectivity index is 2.33. The van der Waals surface area contributed by atoms with E-state index in [9.17, 15) is 13.5 Å². The molecule has 1 N–H and O–H groups in total. The normalized spacial score (nSPS) is 24.0. The molecule has 1 aliphatic heterocycles. The van der Waals surface area contributed by atoms with Crippen molar-refractivity contribution in [1.82, 2.24) is 13.9 Å². The van der Waals surface area contributed by atoms with Gasteiger partial charge in [0.1, 0.15) is 5.82 Å². The molecule has 1 aromatic heterocycles. The fourth-order valence-electron chi connectivity index (χ4n) is 2.92. The van der Waals surface area contributed by atoms with Gasteiger partial charge in [0, 0.05) is 25.8 Å². The Bertz CT molecular complexity index is 607. The van der Waals surface area contributed by atoms with Crippen LogP contribution in [0, 0.1) is 12.3 Å². The molecule has 0 aliphatic carbocycles. The average Bonchev–Trinajstić information content (AvgIpc) is 2.68. The summed E-state index contributed by atoms with van der Waals surface area (Å²) in [6.45, 7) is 9.17. The molecule has 2 heterocycles. The van der Waals surface area contributed by atoms with E-state index in [4.69, 9.17) is 0 Å². The second-order valence-electron chi connectivity index (χ2n) is 6.56. The molecule has 0 spiro atoms. The summed E-state index contributed by atoms with van der Waals surface area (Å²) in [5.41, 5.74) is -0.245. The summed E-state index contributed by atoms with van der Waals surface area (Å²) in [5.74, 6) is 0.699. The van der Waals surface area contributed by atoms with Gasteiger partial charge in [-0.15, -0.1) is 0 Å². The molecule has 1 aliphatic rings. The molecule has 120 valence electrons. The summed E-state index contributed by atoms with van der Waals surface area (Å²) < 4.78 is 28.9. The summed E-state index contributed by atoms with van der Waals surface area (Å²) in [6, 6.07) is 0. The molecule has 21 heavy (non-hydrogen) atoms. The predicted molar refractivity (Wildman–Crippen MR) is 80.4 cm³/mol. The maximum atomic E-state index is 12.8. The van der Waals surface area contributed by atoms with Gasteiger partial charge in [0.2, 0.25) is 0 Å². The van der Waals surface area contributed by atoms with E-state index in [1.807, 2.05) is 25.3 Å². The fraction of sp³-hybridized carbons (Fsp3) is 0.786. The van der Waals surface area contributed by atoms with E-state index in [1.54, 1.807) is 13.1 Å². The fourth-order valence-corrected chi connectivity index (χ4v) is 4.55. The minimum atomic E-state index is -3.60. The lowest BCUT2D eigenvalue weighted by atomic mass is 9.87. The smallest absolute Gasteiger partial charge is 0.262 e. The number of nitrogens with zero attached hydrogens (tertiary/aromatic N) is 3. The van der Waals surface area contributed by atoms with Crippen LogP contribution in [0.2, 0.25) is 0 Å². The molecule has 1 aromatic rings. The van der Waals surface area contributed by atoms with Gasteiger partial charge in [-0.25, -0.2) is 13.4 Å². The number of aromatic nitrogens is 2.